The number of ether oxygens (including phenoxy) is 4. The van der Waals surface area contributed by atoms with Crippen LogP contribution in [0.5, 0.6) is 5.75 Å². The molecular formula is C32H43N3O12. The third kappa shape index (κ3) is 11.4. The average molecular weight is 662 g/mol. The normalized spacial score (nSPS) is 19.8. The van der Waals surface area contributed by atoms with E-state index in [1.54, 1.807) is 19.9 Å². The predicted molar refractivity (Wildman–Crippen MR) is 165 cm³/mol. The van der Waals surface area contributed by atoms with Crippen LogP contribution >= 0.6 is 0 Å². The highest BCUT2D eigenvalue weighted by atomic mass is 16.7. The molecule has 3 atom stereocenters. The second-order valence-electron chi connectivity index (χ2n) is 12.6. The molecule has 0 aromatic heterocycles. The molecule has 258 valence electrons. The molecule has 47 heavy (non-hydrogen) atoms. The number of nitrogens with zero attached hydrogens (tertiary/aromatic N) is 1. The lowest BCUT2D eigenvalue weighted by molar-refractivity contribution is -0.195. The van der Waals surface area contributed by atoms with E-state index in [9.17, 15) is 39.0 Å². The molecule has 1 saturated heterocycles. The van der Waals surface area contributed by atoms with Crippen molar-refractivity contribution in [1.29, 1.82) is 0 Å². The Balaban J connectivity index is 1.49. The first kappa shape index (κ1) is 37.1. The number of anilines is 1. The van der Waals surface area contributed by atoms with E-state index in [0.29, 0.717) is 18.4 Å². The fraction of sp³-hybridized carbons (Fsp3) is 0.562. The Morgan fingerprint density at radius 1 is 1.09 bits per heavy atom. The number of carboxylic acid groups (broad SMARTS) is 1. The van der Waals surface area contributed by atoms with Gasteiger partial charge in [0.2, 0.25) is 18.1 Å². The fourth-order valence-corrected chi connectivity index (χ4v) is 4.78. The molecule has 15 heteroatoms. The van der Waals surface area contributed by atoms with E-state index in [2.05, 4.69) is 10.6 Å². The topological polar surface area (TPSA) is 207 Å². The zero-order valence-electron chi connectivity index (χ0n) is 27.0. The van der Waals surface area contributed by atoms with Crippen molar-refractivity contribution in [2.45, 2.75) is 90.5 Å². The second-order valence-corrected chi connectivity index (χ2v) is 12.6. The zero-order valence-corrected chi connectivity index (χ0v) is 27.0. The molecule has 1 aromatic carbocycles. The van der Waals surface area contributed by atoms with Crippen LogP contribution in [0, 0.1) is 5.41 Å². The summed E-state index contributed by atoms with van der Waals surface area (Å²) in [5.74, 6) is -2.56. The van der Waals surface area contributed by atoms with Crippen LogP contribution in [0.3, 0.4) is 0 Å². The number of aliphatic hydroxyl groups is 1. The molecule has 3 rings (SSSR count). The van der Waals surface area contributed by atoms with E-state index in [0.717, 1.165) is 4.90 Å². The van der Waals surface area contributed by atoms with Crippen molar-refractivity contribution in [3.05, 3.63) is 35.9 Å². The molecule has 4 N–H and O–H groups in total. The number of carbonyl (C=O) groups excluding carboxylic acids is 5. The van der Waals surface area contributed by atoms with Gasteiger partial charge in [-0.3, -0.25) is 28.9 Å². The second kappa shape index (κ2) is 16.5. The summed E-state index contributed by atoms with van der Waals surface area (Å²) in [6.07, 6.45) is -0.232. The summed E-state index contributed by atoms with van der Waals surface area (Å²) in [6, 6.07) is 4.60. The van der Waals surface area contributed by atoms with E-state index in [-0.39, 0.29) is 81.2 Å². The van der Waals surface area contributed by atoms with Crippen molar-refractivity contribution < 1.29 is 57.9 Å². The van der Waals surface area contributed by atoms with Gasteiger partial charge in [0.15, 0.2) is 6.10 Å². The lowest BCUT2D eigenvalue weighted by Gasteiger charge is -2.31. The van der Waals surface area contributed by atoms with E-state index < -0.39 is 41.4 Å². The van der Waals surface area contributed by atoms with Crippen LogP contribution in [0.2, 0.25) is 0 Å². The van der Waals surface area contributed by atoms with Crippen molar-refractivity contribution in [1.82, 2.24) is 10.2 Å². The van der Waals surface area contributed by atoms with Gasteiger partial charge in [-0.2, -0.15) is 0 Å². The molecule has 4 amide bonds. The van der Waals surface area contributed by atoms with Crippen LogP contribution in [0.25, 0.3) is 0 Å². The van der Waals surface area contributed by atoms with Gasteiger partial charge in [-0.25, -0.2) is 4.79 Å². The Morgan fingerprint density at radius 2 is 1.79 bits per heavy atom. The molecular weight excluding hydrogens is 618 g/mol. The van der Waals surface area contributed by atoms with E-state index in [4.69, 9.17) is 18.9 Å². The minimum absolute atomic E-state index is 0.00978. The summed E-state index contributed by atoms with van der Waals surface area (Å²) in [4.78, 5) is 72.5. The van der Waals surface area contributed by atoms with Crippen LogP contribution in [-0.4, -0.2) is 95.0 Å². The monoisotopic (exact) mass is 661 g/mol. The average Bonchev–Trinajstić information content (AvgIpc) is 3.31. The third-order valence-electron chi connectivity index (χ3n) is 7.75. The van der Waals surface area contributed by atoms with Gasteiger partial charge in [-0.1, -0.05) is 19.9 Å². The molecule has 3 unspecified atom stereocenters. The molecule has 1 aromatic rings. The third-order valence-corrected chi connectivity index (χ3v) is 7.75. The Bertz CT molecular complexity index is 1340. The van der Waals surface area contributed by atoms with Crippen LogP contribution in [0.1, 0.15) is 65.4 Å². The molecule has 0 aliphatic carbocycles. The smallest absolute Gasteiger partial charge is 0.333 e. The van der Waals surface area contributed by atoms with Crippen molar-refractivity contribution in [3.8, 4) is 5.75 Å². The Morgan fingerprint density at radius 3 is 2.45 bits per heavy atom. The summed E-state index contributed by atoms with van der Waals surface area (Å²) in [7, 11) is 0. The van der Waals surface area contributed by atoms with Gasteiger partial charge in [0.05, 0.1) is 17.4 Å². The SMILES string of the molecule is CC(C)(CCN1C(=O)C=CC1=O)OCCC(C)(C)C(=O)NCCC(=O)Nc1cc(COC=O)ccc1OC1CC(O)CC(C(=O)O)O1. The quantitative estimate of drug-likeness (QED) is 0.131. The van der Waals surface area contributed by atoms with Crippen LogP contribution in [0.4, 0.5) is 5.69 Å². The van der Waals surface area contributed by atoms with Gasteiger partial charge in [-0.15, -0.1) is 0 Å². The lowest BCUT2D eigenvalue weighted by Crippen LogP contribution is -2.42. The van der Waals surface area contributed by atoms with E-state index in [1.807, 2.05) is 13.8 Å². The van der Waals surface area contributed by atoms with E-state index >= 15 is 0 Å². The summed E-state index contributed by atoms with van der Waals surface area (Å²) in [6.45, 7) is 7.88. The maximum Gasteiger partial charge on any atom is 0.333 e. The van der Waals surface area contributed by atoms with Gasteiger partial charge in [0.25, 0.3) is 18.3 Å². The Kier molecular flexibility index (Phi) is 13.0. The Hall–Kier alpha value is -4.34. The van der Waals surface area contributed by atoms with Gasteiger partial charge in [0, 0.05) is 56.5 Å². The number of aliphatic hydroxyl groups excluding tert-OH is 1. The first-order valence-corrected chi connectivity index (χ1v) is 15.3. The first-order chi connectivity index (χ1) is 22.1. The largest absolute Gasteiger partial charge is 0.479 e. The number of nitrogens with one attached hydrogen (secondary N) is 2. The lowest BCUT2D eigenvalue weighted by atomic mass is 9.88. The number of rotatable bonds is 18. The van der Waals surface area contributed by atoms with Crippen molar-refractivity contribution >= 4 is 41.8 Å². The number of benzene rings is 1. The number of carbonyl (C=O) groups is 6. The molecule has 2 aliphatic heterocycles. The number of aliphatic carboxylic acids is 1. The molecule has 1 fully saturated rings. The molecule has 0 bridgehead atoms. The van der Waals surface area contributed by atoms with Crippen molar-refractivity contribution in [3.63, 3.8) is 0 Å². The minimum atomic E-state index is -1.26. The number of imide groups is 1. The fourth-order valence-electron chi connectivity index (χ4n) is 4.78. The van der Waals surface area contributed by atoms with Gasteiger partial charge < -0.3 is 39.8 Å². The molecule has 15 nitrogen and oxygen atoms in total. The van der Waals surface area contributed by atoms with E-state index in [1.165, 1.54) is 24.3 Å². The summed E-state index contributed by atoms with van der Waals surface area (Å²) >= 11 is 0. The zero-order chi connectivity index (χ0) is 34.8. The predicted octanol–water partition coefficient (Wildman–Crippen LogP) is 1.66. The van der Waals surface area contributed by atoms with Crippen LogP contribution in [0.15, 0.2) is 30.4 Å². The molecule has 2 heterocycles. The number of hydrogen-bond acceptors (Lipinski definition) is 11. The molecule has 0 spiro atoms. The highest BCUT2D eigenvalue weighted by Crippen LogP contribution is 2.31. The van der Waals surface area contributed by atoms with Gasteiger partial charge in [0.1, 0.15) is 12.4 Å². The number of hydrogen-bond donors (Lipinski definition) is 4. The maximum atomic E-state index is 12.9. The Labute approximate surface area is 272 Å². The van der Waals surface area contributed by atoms with Crippen LogP contribution in [-0.2, 0) is 49.6 Å². The highest BCUT2D eigenvalue weighted by Gasteiger charge is 2.35. The molecule has 0 saturated carbocycles. The summed E-state index contributed by atoms with van der Waals surface area (Å²) < 4.78 is 22.0. The number of amides is 4. The van der Waals surface area contributed by atoms with Gasteiger partial charge in [-0.05, 0) is 44.4 Å². The standard InChI is InChI=1S/C32H43N3O12/c1-31(2,11-14-45-32(3,4)10-13-35-26(39)7-8-27(35)40)30(43)33-12-9-25(38)34-22-15-20(18-44-19-36)5-6-23(22)46-28-17-21(37)16-24(47-28)29(41)42/h5-8,15,19,21,24,28,37H,9-14,16-18H2,1-4H3,(H,33,43)(H,34,38)(H,41,42). The maximum absolute atomic E-state index is 12.9. The molecule has 2 aliphatic rings. The minimum Gasteiger partial charge on any atom is -0.479 e. The molecule has 0 radical (unpaired) electrons. The highest BCUT2D eigenvalue weighted by molar-refractivity contribution is 6.12. The summed E-state index contributed by atoms with van der Waals surface area (Å²) in [5.41, 5.74) is -0.751. The van der Waals surface area contributed by atoms with Gasteiger partial charge >= 0.3 is 5.97 Å². The van der Waals surface area contributed by atoms with Crippen molar-refractivity contribution in [2.24, 2.45) is 5.41 Å². The number of carboxylic acids is 1. The van der Waals surface area contributed by atoms with Crippen molar-refractivity contribution in [2.75, 3.05) is 25.0 Å². The summed E-state index contributed by atoms with van der Waals surface area (Å²) in [5, 5.41) is 24.8. The first-order valence-electron chi connectivity index (χ1n) is 15.3. The van der Waals surface area contributed by atoms with Crippen LogP contribution < -0.4 is 15.4 Å².